The zero-order valence-electron chi connectivity index (χ0n) is 14.2. The zero-order chi connectivity index (χ0) is 17.4. The number of nitrogens with zero attached hydrogens (tertiary/aromatic N) is 2. The van der Waals surface area contributed by atoms with Crippen LogP contribution in [0.15, 0.2) is 36.4 Å². The smallest absolute Gasteiger partial charge is 0.245 e. The van der Waals surface area contributed by atoms with Crippen molar-refractivity contribution in [1.29, 1.82) is 0 Å². The molecular formula is C19H26N2O3. The third-order valence-corrected chi connectivity index (χ3v) is 4.27. The minimum absolute atomic E-state index is 0.0448. The third kappa shape index (κ3) is 4.93. The third-order valence-electron chi connectivity index (χ3n) is 4.27. The lowest BCUT2D eigenvalue weighted by Crippen LogP contribution is -2.48. The second-order valence-corrected chi connectivity index (χ2v) is 6.04. The summed E-state index contributed by atoms with van der Waals surface area (Å²) in [6, 6.07) is 9.46. The minimum Gasteiger partial charge on any atom is -0.396 e. The van der Waals surface area contributed by atoms with Crippen molar-refractivity contribution >= 4 is 17.9 Å². The molecule has 130 valence electrons. The Balaban J connectivity index is 1.99. The van der Waals surface area contributed by atoms with Gasteiger partial charge in [-0.1, -0.05) is 42.5 Å². The van der Waals surface area contributed by atoms with Crippen LogP contribution in [-0.4, -0.2) is 59.0 Å². The van der Waals surface area contributed by atoms with E-state index < -0.39 is 6.04 Å². The second kappa shape index (κ2) is 9.23. The molecule has 5 heteroatoms. The molecule has 5 nitrogen and oxygen atoms in total. The number of carbonyl (C=O) groups excluding carboxylic acids is 2. The first-order valence-corrected chi connectivity index (χ1v) is 8.54. The van der Waals surface area contributed by atoms with Crippen molar-refractivity contribution in [2.75, 3.05) is 26.2 Å². The molecule has 1 aliphatic heterocycles. The summed E-state index contributed by atoms with van der Waals surface area (Å²) in [6.45, 7) is 3.45. The Labute approximate surface area is 143 Å². The maximum atomic E-state index is 12.7. The monoisotopic (exact) mass is 330 g/mol. The number of hydrogen-bond donors (Lipinski definition) is 1. The Bertz CT molecular complexity index is 571. The molecule has 2 amide bonds. The van der Waals surface area contributed by atoms with Crippen LogP contribution in [0.3, 0.4) is 0 Å². The Hall–Kier alpha value is -2.14. The number of hydrogen-bond acceptors (Lipinski definition) is 3. The summed E-state index contributed by atoms with van der Waals surface area (Å²) in [4.78, 5) is 28.0. The molecule has 1 aliphatic rings. The van der Waals surface area contributed by atoms with Gasteiger partial charge in [0.2, 0.25) is 11.8 Å². The second-order valence-electron chi connectivity index (χ2n) is 6.04. The highest BCUT2D eigenvalue weighted by Crippen LogP contribution is 2.15. The number of aliphatic hydroxyl groups excluding tert-OH is 1. The van der Waals surface area contributed by atoms with E-state index in [0.29, 0.717) is 32.5 Å². The van der Waals surface area contributed by atoms with Crippen LogP contribution in [0.5, 0.6) is 0 Å². The van der Waals surface area contributed by atoms with Gasteiger partial charge in [-0.3, -0.25) is 9.59 Å². The average Bonchev–Trinajstić information content (AvgIpc) is 3.03. The Morgan fingerprint density at radius 2 is 2.12 bits per heavy atom. The lowest BCUT2D eigenvalue weighted by molar-refractivity contribution is -0.142. The summed E-state index contributed by atoms with van der Waals surface area (Å²) in [5.74, 6) is -0.00537. The average molecular weight is 330 g/mol. The van der Waals surface area contributed by atoms with Crippen LogP contribution in [0.25, 0.3) is 6.08 Å². The highest BCUT2D eigenvalue weighted by Gasteiger charge is 2.31. The van der Waals surface area contributed by atoms with Crippen LogP contribution < -0.4 is 0 Å². The molecule has 0 aromatic heterocycles. The van der Waals surface area contributed by atoms with Gasteiger partial charge < -0.3 is 14.9 Å². The number of amides is 2. The Kier molecular flexibility index (Phi) is 7.00. The van der Waals surface area contributed by atoms with Crippen LogP contribution in [0, 0.1) is 0 Å². The first-order chi connectivity index (χ1) is 11.6. The fourth-order valence-corrected chi connectivity index (χ4v) is 2.91. The predicted octanol–water partition coefficient (Wildman–Crippen LogP) is 1.92. The highest BCUT2D eigenvalue weighted by molar-refractivity contribution is 5.88. The molecule has 1 heterocycles. The molecule has 1 aromatic rings. The lowest BCUT2D eigenvalue weighted by Gasteiger charge is -2.29. The topological polar surface area (TPSA) is 60.9 Å². The maximum Gasteiger partial charge on any atom is 0.245 e. The zero-order valence-corrected chi connectivity index (χ0v) is 14.2. The van der Waals surface area contributed by atoms with E-state index in [1.807, 2.05) is 42.5 Å². The van der Waals surface area contributed by atoms with E-state index in [0.717, 1.165) is 12.0 Å². The number of rotatable bonds is 8. The summed E-state index contributed by atoms with van der Waals surface area (Å²) < 4.78 is 0. The van der Waals surface area contributed by atoms with E-state index in [-0.39, 0.29) is 18.4 Å². The molecule has 1 aromatic carbocycles. The first kappa shape index (κ1) is 18.2. The fraction of sp³-hybridized carbons (Fsp3) is 0.474. The van der Waals surface area contributed by atoms with Gasteiger partial charge in [0.15, 0.2) is 0 Å². The molecule has 1 atom stereocenters. The Morgan fingerprint density at radius 3 is 2.75 bits per heavy atom. The van der Waals surface area contributed by atoms with Gasteiger partial charge in [-0.2, -0.15) is 0 Å². The van der Waals surface area contributed by atoms with E-state index in [1.165, 1.54) is 0 Å². The van der Waals surface area contributed by atoms with Crippen molar-refractivity contribution < 1.29 is 14.7 Å². The van der Waals surface area contributed by atoms with Crippen molar-refractivity contribution in [3.63, 3.8) is 0 Å². The van der Waals surface area contributed by atoms with Crippen molar-refractivity contribution in [2.24, 2.45) is 0 Å². The number of aliphatic hydroxyl groups is 1. The maximum absolute atomic E-state index is 12.7. The summed E-state index contributed by atoms with van der Waals surface area (Å²) in [6.07, 6.45) is 5.81. The van der Waals surface area contributed by atoms with Crippen molar-refractivity contribution in [3.8, 4) is 0 Å². The predicted molar refractivity (Wildman–Crippen MR) is 94.2 cm³/mol. The minimum atomic E-state index is -0.441. The molecule has 2 rings (SSSR count). The summed E-state index contributed by atoms with van der Waals surface area (Å²) >= 11 is 0. The van der Waals surface area contributed by atoms with Gasteiger partial charge in [-0.25, -0.2) is 0 Å². The number of benzene rings is 1. The SMILES string of the molecule is CC(C(=O)N(CC=Cc1ccccc1)CCCO)N1CCCC1=O. The van der Waals surface area contributed by atoms with Gasteiger partial charge in [0.1, 0.15) is 6.04 Å². The van der Waals surface area contributed by atoms with Crippen molar-refractivity contribution in [3.05, 3.63) is 42.0 Å². The highest BCUT2D eigenvalue weighted by atomic mass is 16.3. The van der Waals surface area contributed by atoms with Gasteiger partial charge >= 0.3 is 0 Å². The Morgan fingerprint density at radius 1 is 1.38 bits per heavy atom. The standard InChI is InChI=1S/C19H26N2O3/c1-16(21-14-6-11-18(21)23)19(24)20(13-7-15-22)12-5-10-17-8-3-2-4-9-17/h2-5,8-10,16,22H,6-7,11-15H2,1H3. The quantitative estimate of drug-likeness (QED) is 0.792. The van der Waals surface area contributed by atoms with Crippen LogP contribution in [0.4, 0.5) is 0 Å². The van der Waals surface area contributed by atoms with Gasteiger partial charge in [0.05, 0.1) is 0 Å². The van der Waals surface area contributed by atoms with Crippen LogP contribution in [0.2, 0.25) is 0 Å². The van der Waals surface area contributed by atoms with Crippen LogP contribution in [0.1, 0.15) is 31.7 Å². The summed E-state index contributed by atoms with van der Waals surface area (Å²) in [5.41, 5.74) is 1.08. The van der Waals surface area contributed by atoms with E-state index in [1.54, 1.807) is 16.7 Å². The molecule has 0 radical (unpaired) electrons. The van der Waals surface area contributed by atoms with E-state index >= 15 is 0 Å². The van der Waals surface area contributed by atoms with E-state index in [9.17, 15) is 9.59 Å². The van der Waals surface area contributed by atoms with E-state index in [4.69, 9.17) is 5.11 Å². The molecule has 1 unspecified atom stereocenters. The van der Waals surface area contributed by atoms with Gasteiger partial charge in [0.25, 0.3) is 0 Å². The molecule has 0 bridgehead atoms. The van der Waals surface area contributed by atoms with Crippen molar-refractivity contribution in [2.45, 2.75) is 32.2 Å². The summed E-state index contributed by atoms with van der Waals surface area (Å²) in [5, 5.41) is 9.07. The largest absolute Gasteiger partial charge is 0.396 e. The molecule has 0 spiro atoms. The summed E-state index contributed by atoms with van der Waals surface area (Å²) in [7, 11) is 0. The number of likely N-dealkylation sites (tertiary alicyclic amines) is 1. The molecule has 0 saturated carbocycles. The normalized spacial score (nSPS) is 15.9. The molecule has 1 fully saturated rings. The van der Waals surface area contributed by atoms with Gasteiger partial charge in [-0.15, -0.1) is 0 Å². The lowest BCUT2D eigenvalue weighted by atomic mass is 10.2. The molecule has 1 saturated heterocycles. The van der Waals surface area contributed by atoms with Crippen LogP contribution in [-0.2, 0) is 9.59 Å². The molecule has 1 N–H and O–H groups in total. The van der Waals surface area contributed by atoms with Crippen molar-refractivity contribution in [1.82, 2.24) is 9.80 Å². The molecular weight excluding hydrogens is 304 g/mol. The fourth-order valence-electron chi connectivity index (χ4n) is 2.91. The van der Waals surface area contributed by atoms with Crippen LogP contribution >= 0.6 is 0 Å². The van der Waals surface area contributed by atoms with E-state index in [2.05, 4.69) is 0 Å². The van der Waals surface area contributed by atoms with Gasteiger partial charge in [0, 0.05) is 32.7 Å². The molecule has 0 aliphatic carbocycles. The first-order valence-electron chi connectivity index (χ1n) is 8.54. The number of carbonyl (C=O) groups is 2. The molecule has 24 heavy (non-hydrogen) atoms. The van der Waals surface area contributed by atoms with Gasteiger partial charge in [-0.05, 0) is 25.3 Å².